The molecule has 0 aliphatic carbocycles. The third kappa shape index (κ3) is 5.37. The molecule has 0 unspecified atom stereocenters. The molecule has 0 aliphatic heterocycles. The molecule has 28 heavy (non-hydrogen) atoms. The minimum atomic E-state index is -5.31. The van der Waals surface area contributed by atoms with E-state index < -0.39 is 58.9 Å². The Bertz CT molecular complexity index is 891. The van der Waals surface area contributed by atoms with Crippen molar-refractivity contribution in [2.24, 2.45) is 0 Å². The van der Waals surface area contributed by atoms with Gasteiger partial charge < -0.3 is 19.3 Å². The largest absolute Gasteiger partial charge is 0.573 e. The highest BCUT2D eigenvalue weighted by Crippen LogP contribution is 2.36. The maximum Gasteiger partial charge on any atom is 0.573 e. The number of alkyl halides is 6. The third-order valence-corrected chi connectivity index (χ3v) is 2.86. The van der Waals surface area contributed by atoms with E-state index >= 15 is 0 Å². The van der Waals surface area contributed by atoms with E-state index in [0.29, 0.717) is 24.3 Å². The second kappa shape index (κ2) is 7.40. The SMILES string of the molecule is O=C(O)c1c(Oc2ccc(OC(F)(F)F)c(F)c2)ccc(OC(F)(F)F)c1F. The van der Waals surface area contributed by atoms with Crippen LogP contribution in [0.25, 0.3) is 0 Å². The molecule has 0 bridgehead atoms. The van der Waals surface area contributed by atoms with E-state index in [1.165, 1.54) is 0 Å². The number of benzene rings is 2. The highest BCUT2D eigenvalue weighted by Gasteiger charge is 2.35. The fourth-order valence-corrected chi connectivity index (χ4v) is 1.91. The maximum absolute atomic E-state index is 14.0. The summed E-state index contributed by atoms with van der Waals surface area (Å²) in [5, 5.41) is 9.00. The first-order valence-electron chi connectivity index (χ1n) is 6.81. The molecule has 0 aromatic heterocycles. The Morgan fingerprint density at radius 2 is 1.32 bits per heavy atom. The average molecular weight is 418 g/mol. The topological polar surface area (TPSA) is 65.0 Å². The number of aromatic carboxylic acids is 1. The molecule has 2 rings (SSSR count). The number of carbonyl (C=O) groups is 1. The molecule has 5 nitrogen and oxygen atoms in total. The van der Waals surface area contributed by atoms with Crippen LogP contribution in [0.4, 0.5) is 35.1 Å². The fraction of sp³-hybridized carbons (Fsp3) is 0.133. The van der Waals surface area contributed by atoms with E-state index in [0.717, 1.165) is 6.07 Å². The zero-order valence-electron chi connectivity index (χ0n) is 13.0. The lowest BCUT2D eigenvalue weighted by molar-refractivity contribution is -0.276. The normalized spacial score (nSPS) is 11.9. The Kier molecular flexibility index (Phi) is 5.57. The van der Waals surface area contributed by atoms with Crippen LogP contribution in [-0.4, -0.2) is 23.8 Å². The minimum absolute atomic E-state index is 0.366. The van der Waals surface area contributed by atoms with E-state index in [9.17, 15) is 39.9 Å². The van der Waals surface area contributed by atoms with Gasteiger partial charge in [0.05, 0.1) is 0 Å². The number of carboxylic acids is 1. The van der Waals surface area contributed by atoms with Gasteiger partial charge in [0.1, 0.15) is 17.1 Å². The number of hydrogen-bond acceptors (Lipinski definition) is 4. The van der Waals surface area contributed by atoms with Gasteiger partial charge in [-0.05, 0) is 24.3 Å². The van der Waals surface area contributed by atoms with Crippen LogP contribution in [0.1, 0.15) is 10.4 Å². The summed E-state index contributed by atoms with van der Waals surface area (Å²) in [6.07, 6.45) is -10.5. The molecule has 0 aliphatic rings. The number of hydrogen-bond donors (Lipinski definition) is 1. The molecule has 0 heterocycles. The Morgan fingerprint density at radius 3 is 1.82 bits per heavy atom. The molecule has 0 saturated heterocycles. The predicted octanol–water partition coefficient (Wildman–Crippen LogP) is 5.25. The summed E-state index contributed by atoms with van der Waals surface area (Å²) in [6, 6.07) is 2.59. The summed E-state index contributed by atoms with van der Waals surface area (Å²) in [7, 11) is 0. The standard InChI is InChI=1S/C15H6F8O5/c16-7-5-6(1-2-8(7)27-14(18,19)20)26-9-3-4-10(28-15(21,22)23)12(17)11(9)13(24)25/h1-5H,(H,24,25). The summed E-state index contributed by atoms with van der Waals surface area (Å²) in [5.41, 5.74) is -1.38. The van der Waals surface area contributed by atoms with Crippen LogP contribution in [0, 0.1) is 11.6 Å². The fourth-order valence-electron chi connectivity index (χ4n) is 1.91. The lowest BCUT2D eigenvalue weighted by atomic mass is 10.1. The Labute approximate surface area is 149 Å². The molecule has 2 aromatic carbocycles. The first-order valence-corrected chi connectivity index (χ1v) is 6.81. The van der Waals surface area contributed by atoms with Crippen LogP contribution < -0.4 is 14.2 Å². The van der Waals surface area contributed by atoms with Gasteiger partial charge in [-0.2, -0.15) is 0 Å². The molecule has 0 amide bonds. The first kappa shape index (κ1) is 21.1. The first-order chi connectivity index (χ1) is 12.8. The minimum Gasteiger partial charge on any atom is -0.477 e. The highest BCUT2D eigenvalue weighted by molar-refractivity contribution is 5.92. The summed E-state index contributed by atoms with van der Waals surface area (Å²) in [4.78, 5) is 11.2. The molecular formula is C15H6F8O5. The van der Waals surface area contributed by atoms with E-state index in [1.807, 2.05) is 0 Å². The van der Waals surface area contributed by atoms with E-state index in [2.05, 4.69) is 9.47 Å². The van der Waals surface area contributed by atoms with Crippen LogP contribution in [0.15, 0.2) is 30.3 Å². The van der Waals surface area contributed by atoms with Crippen molar-refractivity contribution in [3.05, 3.63) is 47.5 Å². The monoisotopic (exact) mass is 418 g/mol. The van der Waals surface area contributed by atoms with Crippen LogP contribution in [0.2, 0.25) is 0 Å². The van der Waals surface area contributed by atoms with Gasteiger partial charge >= 0.3 is 18.7 Å². The quantitative estimate of drug-likeness (QED) is 0.672. The predicted molar refractivity (Wildman–Crippen MR) is 73.2 cm³/mol. The van der Waals surface area contributed by atoms with Crippen LogP contribution in [0.3, 0.4) is 0 Å². The summed E-state index contributed by atoms with van der Waals surface area (Å²) in [6.45, 7) is 0. The lowest BCUT2D eigenvalue weighted by Crippen LogP contribution is -2.19. The van der Waals surface area contributed by atoms with E-state index in [1.54, 1.807) is 0 Å². The number of halogens is 8. The second-order valence-electron chi connectivity index (χ2n) is 4.85. The summed E-state index contributed by atoms with van der Waals surface area (Å²) < 4.78 is 112. The van der Waals surface area contributed by atoms with Crippen molar-refractivity contribution >= 4 is 5.97 Å². The molecular weight excluding hydrogens is 412 g/mol. The highest BCUT2D eigenvalue weighted by atomic mass is 19.4. The number of ether oxygens (including phenoxy) is 3. The van der Waals surface area contributed by atoms with Crippen molar-refractivity contribution in [1.82, 2.24) is 0 Å². The van der Waals surface area contributed by atoms with Gasteiger partial charge in [0, 0.05) is 6.07 Å². The molecule has 0 radical (unpaired) electrons. The molecule has 0 atom stereocenters. The lowest BCUT2D eigenvalue weighted by Gasteiger charge is -2.15. The maximum atomic E-state index is 14.0. The zero-order valence-corrected chi connectivity index (χ0v) is 13.0. The number of carboxylic acid groups (broad SMARTS) is 1. The van der Waals surface area contributed by atoms with Crippen molar-refractivity contribution in [3.8, 4) is 23.0 Å². The summed E-state index contributed by atoms with van der Waals surface area (Å²) in [5.74, 6) is -9.65. The van der Waals surface area contributed by atoms with Gasteiger partial charge in [-0.1, -0.05) is 0 Å². The molecule has 0 fully saturated rings. The third-order valence-electron chi connectivity index (χ3n) is 2.86. The van der Waals surface area contributed by atoms with Gasteiger partial charge in [0.25, 0.3) is 0 Å². The molecule has 1 N–H and O–H groups in total. The summed E-state index contributed by atoms with van der Waals surface area (Å²) >= 11 is 0. The molecule has 0 saturated carbocycles. The van der Waals surface area contributed by atoms with Gasteiger partial charge in [-0.15, -0.1) is 26.3 Å². The molecule has 2 aromatic rings. The van der Waals surface area contributed by atoms with Gasteiger partial charge in [0.2, 0.25) is 0 Å². The second-order valence-corrected chi connectivity index (χ2v) is 4.85. The van der Waals surface area contributed by atoms with E-state index in [4.69, 9.17) is 9.84 Å². The van der Waals surface area contributed by atoms with Crippen molar-refractivity contribution in [3.63, 3.8) is 0 Å². The van der Waals surface area contributed by atoms with Crippen molar-refractivity contribution in [2.45, 2.75) is 12.7 Å². The van der Waals surface area contributed by atoms with Crippen molar-refractivity contribution in [1.29, 1.82) is 0 Å². The number of rotatable bonds is 5. The molecule has 13 heteroatoms. The smallest absolute Gasteiger partial charge is 0.477 e. The Morgan fingerprint density at radius 1 is 0.821 bits per heavy atom. The molecule has 152 valence electrons. The Balaban J connectivity index is 2.37. The zero-order chi connectivity index (χ0) is 21.3. The van der Waals surface area contributed by atoms with Crippen LogP contribution >= 0.6 is 0 Å². The van der Waals surface area contributed by atoms with Gasteiger partial charge in [0.15, 0.2) is 23.1 Å². The van der Waals surface area contributed by atoms with Crippen LogP contribution in [0.5, 0.6) is 23.0 Å². The van der Waals surface area contributed by atoms with E-state index in [-0.39, 0.29) is 0 Å². The Hall–Kier alpha value is -3.25. The van der Waals surface area contributed by atoms with Gasteiger partial charge in [-0.25, -0.2) is 13.6 Å². The van der Waals surface area contributed by atoms with Crippen LogP contribution in [-0.2, 0) is 0 Å². The molecule has 0 spiro atoms. The average Bonchev–Trinajstić information content (AvgIpc) is 2.50. The van der Waals surface area contributed by atoms with Crippen molar-refractivity contribution in [2.75, 3.05) is 0 Å². The van der Waals surface area contributed by atoms with Gasteiger partial charge in [-0.3, -0.25) is 0 Å². The van der Waals surface area contributed by atoms with Crippen molar-refractivity contribution < 1.29 is 59.2 Å².